The molecule has 6 nitrogen and oxygen atoms in total. The van der Waals surface area contributed by atoms with E-state index in [1.807, 2.05) is 44.2 Å². The molecule has 1 unspecified atom stereocenters. The second kappa shape index (κ2) is 5.87. The molecule has 0 saturated carbocycles. The maximum atomic E-state index is 12.3. The second-order valence-corrected chi connectivity index (χ2v) is 5.98. The molecule has 1 aliphatic rings. The molecular formula is C17H19N3O3. The number of urea groups is 1. The Kier molecular flexibility index (Phi) is 3.90. The summed E-state index contributed by atoms with van der Waals surface area (Å²) in [6.45, 7) is 5.71. The van der Waals surface area contributed by atoms with Gasteiger partial charge in [-0.2, -0.15) is 0 Å². The van der Waals surface area contributed by atoms with Crippen molar-refractivity contribution in [2.45, 2.75) is 33.4 Å². The Balaban J connectivity index is 1.83. The maximum absolute atomic E-state index is 12.3. The number of benzene rings is 1. The van der Waals surface area contributed by atoms with Gasteiger partial charge in [-0.3, -0.25) is 9.69 Å². The highest BCUT2D eigenvalue weighted by atomic mass is 16.4. The van der Waals surface area contributed by atoms with E-state index >= 15 is 0 Å². The van der Waals surface area contributed by atoms with Crippen LogP contribution in [-0.4, -0.2) is 27.9 Å². The number of amides is 3. The van der Waals surface area contributed by atoms with Gasteiger partial charge in [-0.05, 0) is 25.0 Å². The zero-order valence-electron chi connectivity index (χ0n) is 13.4. The number of rotatable bonds is 4. The van der Waals surface area contributed by atoms with E-state index in [9.17, 15) is 9.59 Å². The van der Waals surface area contributed by atoms with E-state index < -0.39 is 6.04 Å². The first-order chi connectivity index (χ1) is 11.0. The number of imide groups is 1. The summed E-state index contributed by atoms with van der Waals surface area (Å²) in [5.41, 5.74) is 1.45. The molecule has 23 heavy (non-hydrogen) atoms. The molecule has 2 heterocycles. The number of nitrogens with one attached hydrogen (secondary N) is 1. The molecule has 120 valence electrons. The first kappa shape index (κ1) is 15.3. The monoisotopic (exact) mass is 313 g/mol. The number of oxazole rings is 1. The SMILES string of the molecule is Cc1oc(-c2ccccc2)nc1CN1C(=O)NC(C(C)C)C1=O. The highest BCUT2D eigenvalue weighted by molar-refractivity contribution is 6.04. The first-order valence-corrected chi connectivity index (χ1v) is 7.61. The zero-order chi connectivity index (χ0) is 16.6. The molecule has 1 N–H and O–H groups in total. The average Bonchev–Trinajstić information content (AvgIpc) is 3.03. The molecule has 1 aliphatic heterocycles. The van der Waals surface area contributed by atoms with Crippen LogP contribution in [0, 0.1) is 12.8 Å². The van der Waals surface area contributed by atoms with Crippen LogP contribution in [0.1, 0.15) is 25.3 Å². The minimum atomic E-state index is -0.469. The lowest BCUT2D eigenvalue weighted by molar-refractivity contribution is -0.128. The van der Waals surface area contributed by atoms with Crippen molar-refractivity contribution in [3.05, 3.63) is 41.8 Å². The summed E-state index contributed by atoms with van der Waals surface area (Å²) >= 11 is 0. The van der Waals surface area contributed by atoms with Gasteiger partial charge >= 0.3 is 6.03 Å². The average molecular weight is 313 g/mol. The van der Waals surface area contributed by atoms with Gasteiger partial charge in [0.25, 0.3) is 5.91 Å². The van der Waals surface area contributed by atoms with Gasteiger partial charge in [0.15, 0.2) is 0 Å². The largest absolute Gasteiger partial charge is 0.441 e. The minimum absolute atomic E-state index is 0.0507. The normalized spacial score (nSPS) is 17.9. The molecule has 3 rings (SSSR count). The van der Waals surface area contributed by atoms with E-state index in [4.69, 9.17) is 4.42 Å². The molecule has 6 heteroatoms. The Bertz CT molecular complexity index is 737. The van der Waals surface area contributed by atoms with E-state index in [2.05, 4.69) is 10.3 Å². The fraction of sp³-hybridized carbons (Fsp3) is 0.353. The van der Waals surface area contributed by atoms with Crippen molar-refractivity contribution in [2.75, 3.05) is 0 Å². The third-order valence-corrected chi connectivity index (χ3v) is 3.94. The van der Waals surface area contributed by atoms with Crippen molar-refractivity contribution in [3.63, 3.8) is 0 Å². The lowest BCUT2D eigenvalue weighted by atomic mass is 10.1. The molecule has 3 amide bonds. The zero-order valence-corrected chi connectivity index (χ0v) is 13.4. The van der Waals surface area contributed by atoms with E-state index in [1.54, 1.807) is 6.92 Å². The quantitative estimate of drug-likeness (QED) is 0.881. The van der Waals surface area contributed by atoms with Gasteiger partial charge in [0.2, 0.25) is 5.89 Å². The Morgan fingerprint density at radius 1 is 1.26 bits per heavy atom. The summed E-state index contributed by atoms with van der Waals surface area (Å²) in [6, 6.07) is 8.67. The molecule has 0 bridgehead atoms. The Morgan fingerprint density at radius 3 is 2.57 bits per heavy atom. The predicted octanol–water partition coefficient (Wildman–Crippen LogP) is 2.73. The summed E-state index contributed by atoms with van der Waals surface area (Å²) < 4.78 is 5.67. The molecule has 0 aliphatic carbocycles. The maximum Gasteiger partial charge on any atom is 0.325 e. The summed E-state index contributed by atoms with van der Waals surface area (Å²) in [5.74, 6) is 0.936. The molecule has 0 spiro atoms. The van der Waals surface area contributed by atoms with Gasteiger partial charge in [0.1, 0.15) is 17.5 Å². The van der Waals surface area contributed by atoms with Crippen molar-refractivity contribution in [1.82, 2.24) is 15.2 Å². The van der Waals surface area contributed by atoms with Crippen LogP contribution in [0.4, 0.5) is 4.79 Å². The summed E-state index contributed by atoms with van der Waals surface area (Å²) in [7, 11) is 0. The molecule has 1 aromatic carbocycles. The molecular weight excluding hydrogens is 294 g/mol. The third-order valence-electron chi connectivity index (χ3n) is 3.94. The molecule has 1 aromatic heterocycles. The van der Waals surface area contributed by atoms with Gasteiger partial charge in [0.05, 0.1) is 6.54 Å². The molecule has 0 radical (unpaired) electrons. The topological polar surface area (TPSA) is 75.4 Å². The van der Waals surface area contributed by atoms with Crippen molar-refractivity contribution in [2.24, 2.45) is 5.92 Å². The smallest absolute Gasteiger partial charge is 0.325 e. The Hall–Kier alpha value is -2.63. The van der Waals surface area contributed by atoms with E-state index in [1.165, 1.54) is 4.90 Å². The van der Waals surface area contributed by atoms with Crippen LogP contribution in [0.15, 0.2) is 34.7 Å². The fourth-order valence-electron chi connectivity index (χ4n) is 2.57. The summed E-state index contributed by atoms with van der Waals surface area (Å²) in [4.78, 5) is 30.0. The van der Waals surface area contributed by atoms with Crippen molar-refractivity contribution in [1.29, 1.82) is 0 Å². The van der Waals surface area contributed by atoms with E-state index in [0.717, 1.165) is 5.56 Å². The van der Waals surface area contributed by atoms with Gasteiger partial charge in [-0.1, -0.05) is 32.0 Å². The van der Waals surface area contributed by atoms with Crippen molar-refractivity contribution in [3.8, 4) is 11.5 Å². The number of aryl methyl sites for hydroxylation is 1. The standard InChI is InChI=1S/C17H19N3O3/c1-10(2)14-16(21)20(17(22)19-14)9-13-11(3)23-15(18-13)12-7-5-4-6-8-12/h4-8,10,14H,9H2,1-3H3,(H,19,22). The Labute approximate surface area is 134 Å². The number of hydrogen-bond acceptors (Lipinski definition) is 4. The van der Waals surface area contributed by atoms with Gasteiger partial charge < -0.3 is 9.73 Å². The van der Waals surface area contributed by atoms with Gasteiger partial charge in [0, 0.05) is 5.56 Å². The molecule has 1 fully saturated rings. The van der Waals surface area contributed by atoms with Crippen LogP contribution >= 0.6 is 0 Å². The first-order valence-electron chi connectivity index (χ1n) is 7.61. The number of hydrogen-bond donors (Lipinski definition) is 1. The number of carbonyl (C=O) groups is 2. The lowest BCUT2D eigenvalue weighted by Gasteiger charge is -2.13. The van der Waals surface area contributed by atoms with Crippen molar-refractivity contribution < 1.29 is 14.0 Å². The molecule has 2 aromatic rings. The summed E-state index contributed by atoms with van der Waals surface area (Å²) in [5, 5.41) is 2.71. The second-order valence-electron chi connectivity index (χ2n) is 5.98. The van der Waals surface area contributed by atoms with Gasteiger partial charge in [-0.15, -0.1) is 0 Å². The number of nitrogens with zero attached hydrogens (tertiary/aromatic N) is 2. The van der Waals surface area contributed by atoms with Crippen molar-refractivity contribution >= 4 is 11.9 Å². The Morgan fingerprint density at radius 2 is 1.96 bits per heavy atom. The molecule has 1 saturated heterocycles. The highest BCUT2D eigenvalue weighted by Crippen LogP contribution is 2.24. The lowest BCUT2D eigenvalue weighted by Crippen LogP contribution is -2.34. The van der Waals surface area contributed by atoms with Crippen LogP contribution in [0.5, 0.6) is 0 Å². The minimum Gasteiger partial charge on any atom is -0.441 e. The van der Waals surface area contributed by atoms with Crippen LogP contribution < -0.4 is 5.32 Å². The predicted molar refractivity (Wildman–Crippen MR) is 84.4 cm³/mol. The van der Waals surface area contributed by atoms with Crippen LogP contribution in [-0.2, 0) is 11.3 Å². The number of aromatic nitrogens is 1. The fourth-order valence-corrected chi connectivity index (χ4v) is 2.57. The number of carbonyl (C=O) groups excluding carboxylic acids is 2. The highest BCUT2D eigenvalue weighted by Gasteiger charge is 2.40. The third kappa shape index (κ3) is 2.84. The van der Waals surface area contributed by atoms with Gasteiger partial charge in [-0.25, -0.2) is 9.78 Å². The van der Waals surface area contributed by atoms with E-state index in [0.29, 0.717) is 17.3 Å². The van der Waals surface area contributed by atoms with E-state index in [-0.39, 0.29) is 24.4 Å². The van der Waals surface area contributed by atoms with Crippen LogP contribution in [0.3, 0.4) is 0 Å². The molecule has 1 atom stereocenters. The van der Waals surface area contributed by atoms with Crippen LogP contribution in [0.2, 0.25) is 0 Å². The summed E-state index contributed by atoms with van der Waals surface area (Å²) in [6.07, 6.45) is 0. The van der Waals surface area contributed by atoms with Crippen LogP contribution in [0.25, 0.3) is 11.5 Å².